The van der Waals surface area contributed by atoms with Gasteiger partial charge in [-0.05, 0) is 70.4 Å². The normalized spacial score (nSPS) is 10.7. The molecule has 0 aromatic heterocycles. The molecule has 0 atom stereocenters. The third-order valence-electron chi connectivity index (χ3n) is 3.77. The summed E-state index contributed by atoms with van der Waals surface area (Å²) in [5.74, 6) is 1.78. The van der Waals surface area contributed by atoms with Crippen molar-refractivity contribution in [1.29, 1.82) is 0 Å². The predicted octanol–water partition coefficient (Wildman–Crippen LogP) is 5.30. The molecule has 0 saturated heterocycles. The molecule has 6 heteroatoms. The minimum absolute atomic E-state index is 0.222. The van der Waals surface area contributed by atoms with Crippen molar-refractivity contribution < 1.29 is 19.0 Å². The average Bonchev–Trinajstić information content (AvgIpc) is 2.67. The first-order valence-corrected chi connectivity index (χ1v) is 9.50. The van der Waals surface area contributed by atoms with Crippen LogP contribution in [0.3, 0.4) is 0 Å². The van der Waals surface area contributed by atoms with E-state index in [1.807, 2.05) is 30.3 Å². The van der Waals surface area contributed by atoms with Crippen molar-refractivity contribution in [3.05, 3.63) is 52.5 Å². The molecule has 0 spiro atoms. The highest BCUT2D eigenvalue weighted by Crippen LogP contribution is 2.36. The zero-order valence-electron chi connectivity index (χ0n) is 15.8. The number of methoxy groups -OCH3 is 2. The van der Waals surface area contributed by atoms with Gasteiger partial charge >= 0.3 is 0 Å². The van der Waals surface area contributed by atoms with Gasteiger partial charge in [0.1, 0.15) is 5.75 Å². The van der Waals surface area contributed by atoms with Gasteiger partial charge in [-0.2, -0.15) is 0 Å². The standard InChI is InChI=1S/C21H24BrNO4/c1-4-5-12-27-17-9-7-16(8-10-17)23-20(24)11-6-15-13-18(22)21(26-3)19(14-15)25-2/h6-11,13-14H,4-5,12H2,1-3H3,(H,23,24)/b11-6+. The van der Waals surface area contributed by atoms with Crippen molar-refractivity contribution in [3.8, 4) is 17.2 Å². The molecule has 2 aromatic carbocycles. The number of hydrogen-bond donors (Lipinski definition) is 1. The van der Waals surface area contributed by atoms with Gasteiger partial charge in [-0.3, -0.25) is 4.79 Å². The maximum Gasteiger partial charge on any atom is 0.248 e. The van der Waals surface area contributed by atoms with Gasteiger partial charge in [0, 0.05) is 11.8 Å². The fourth-order valence-corrected chi connectivity index (χ4v) is 2.98. The van der Waals surface area contributed by atoms with Crippen molar-refractivity contribution in [2.45, 2.75) is 19.8 Å². The minimum atomic E-state index is -0.222. The van der Waals surface area contributed by atoms with E-state index in [9.17, 15) is 4.79 Å². The molecule has 0 bridgehead atoms. The molecule has 0 radical (unpaired) electrons. The van der Waals surface area contributed by atoms with Gasteiger partial charge in [-0.15, -0.1) is 0 Å². The number of benzene rings is 2. The molecule has 2 aromatic rings. The maximum atomic E-state index is 12.1. The summed E-state index contributed by atoms with van der Waals surface area (Å²) in [6.07, 6.45) is 5.30. The lowest BCUT2D eigenvalue weighted by molar-refractivity contribution is -0.111. The van der Waals surface area contributed by atoms with Gasteiger partial charge < -0.3 is 19.5 Å². The first-order valence-electron chi connectivity index (χ1n) is 8.70. The number of carbonyl (C=O) groups is 1. The zero-order chi connectivity index (χ0) is 19.6. The highest BCUT2D eigenvalue weighted by molar-refractivity contribution is 9.10. The molecular formula is C21H24BrNO4. The van der Waals surface area contributed by atoms with E-state index in [1.54, 1.807) is 26.4 Å². The third kappa shape index (κ3) is 6.32. The minimum Gasteiger partial charge on any atom is -0.494 e. The van der Waals surface area contributed by atoms with Gasteiger partial charge in [-0.1, -0.05) is 13.3 Å². The smallest absolute Gasteiger partial charge is 0.248 e. The molecule has 0 aliphatic carbocycles. The van der Waals surface area contributed by atoms with E-state index in [4.69, 9.17) is 14.2 Å². The molecule has 0 aliphatic rings. The Labute approximate surface area is 168 Å². The van der Waals surface area contributed by atoms with E-state index in [0.717, 1.165) is 28.6 Å². The molecule has 27 heavy (non-hydrogen) atoms. The second-order valence-electron chi connectivity index (χ2n) is 5.79. The van der Waals surface area contributed by atoms with Crippen LogP contribution in [0.1, 0.15) is 25.3 Å². The number of unbranched alkanes of at least 4 members (excludes halogenated alkanes) is 1. The number of anilines is 1. The summed E-state index contributed by atoms with van der Waals surface area (Å²) < 4.78 is 16.9. The topological polar surface area (TPSA) is 56.8 Å². The van der Waals surface area contributed by atoms with Gasteiger partial charge in [0.15, 0.2) is 11.5 Å². The van der Waals surface area contributed by atoms with Crippen LogP contribution in [0.5, 0.6) is 17.2 Å². The van der Waals surface area contributed by atoms with E-state index in [-0.39, 0.29) is 5.91 Å². The van der Waals surface area contributed by atoms with Gasteiger partial charge in [0.05, 0.1) is 25.3 Å². The van der Waals surface area contributed by atoms with Crippen molar-refractivity contribution in [3.63, 3.8) is 0 Å². The first-order chi connectivity index (χ1) is 13.1. The molecule has 144 valence electrons. The summed E-state index contributed by atoms with van der Waals surface area (Å²) in [6.45, 7) is 2.82. The zero-order valence-corrected chi connectivity index (χ0v) is 17.3. The molecule has 0 aliphatic heterocycles. The van der Waals surface area contributed by atoms with Crippen LogP contribution in [0.15, 0.2) is 46.9 Å². The molecule has 0 unspecified atom stereocenters. The fraction of sp³-hybridized carbons (Fsp3) is 0.286. The Kier molecular flexibility index (Phi) is 8.20. The second kappa shape index (κ2) is 10.6. The van der Waals surface area contributed by atoms with Crippen LogP contribution in [0, 0.1) is 0 Å². The van der Waals surface area contributed by atoms with E-state index in [1.165, 1.54) is 6.08 Å². The molecule has 5 nitrogen and oxygen atoms in total. The predicted molar refractivity (Wildman–Crippen MR) is 112 cm³/mol. The summed E-state index contributed by atoms with van der Waals surface area (Å²) in [5, 5.41) is 2.82. The Balaban J connectivity index is 1.98. The largest absolute Gasteiger partial charge is 0.494 e. The van der Waals surface area contributed by atoms with Crippen molar-refractivity contribution in [1.82, 2.24) is 0 Å². The quantitative estimate of drug-likeness (QED) is 0.430. The number of amides is 1. The van der Waals surface area contributed by atoms with Crippen molar-refractivity contribution in [2.75, 3.05) is 26.1 Å². The van der Waals surface area contributed by atoms with Crippen LogP contribution in [0.4, 0.5) is 5.69 Å². The molecular weight excluding hydrogens is 410 g/mol. The Hall–Kier alpha value is -2.47. The summed E-state index contributed by atoms with van der Waals surface area (Å²) >= 11 is 3.44. The van der Waals surface area contributed by atoms with Crippen LogP contribution in [-0.4, -0.2) is 26.7 Å². The number of rotatable bonds is 9. The molecule has 2 rings (SSSR count). The number of carbonyl (C=O) groups excluding carboxylic acids is 1. The van der Waals surface area contributed by atoms with E-state index >= 15 is 0 Å². The van der Waals surface area contributed by atoms with Crippen molar-refractivity contribution >= 4 is 33.6 Å². The Morgan fingerprint density at radius 2 is 1.89 bits per heavy atom. The van der Waals surface area contributed by atoms with Crippen molar-refractivity contribution in [2.24, 2.45) is 0 Å². The van der Waals surface area contributed by atoms with E-state index < -0.39 is 0 Å². The maximum absolute atomic E-state index is 12.1. The van der Waals surface area contributed by atoms with E-state index in [2.05, 4.69) is 28.2 Å². The lowest BCUT2D eigenvalue weighted by Crippen LogP contribution is -2.07. The SMILES string of the molecule is CCCCOc1ccc(NC(=O)/C=C/c2cc(Br)c(OC)c(OC)c2)cc1. The lowest BCUT2D eigenvalue weighted by atomic mass is 10.2. The lowest BCUT2D eigenvalue weighted by Gasteiger charge is -2.10. The van der Waals surface area contributed by atoms with E-state index in [0.29, 0.717) is 23.8 Å². The highest BCUT2D eigenvalue weighted by Gasteiger charge is 2.09. The third-order valence-corrected chi connectivity index (χ3v) is 4.36. The molecule has 1 amide bonds. The number of ether oxygens (including phenoxy) is 3. The Morgan fingerprint density at radius 3 is 2.52 bits per heavy atom. The fourth-order valence-electron chi connectivity index (χ4n) is 2.36. The van der Waals surface area contributed by atoms with Crippen LogP contribution in [-0.2, 0) is 4.79 Å². The van der Waals surface area contributed by atoms with Gasteiger partial charge in [0.2, 0.25) is 5.91 Å². The van der Waals surface area contributed by atoms with Gasteiger partial charge in [0.25, 0.3) is 0 Å². The number of halogens is 1. The molecule has 0 heterocycles. The Morgan fingerprint density at radius 1 is 1.15 bits per heavy atom. The summed E-state index contributed by atoms with van der Waals surface area (Å²) in [4.78, 5) is 12.1. The average molecular weight is 434 g/mol. The monoisotopic (exact) mass is 433 g/mol. The number of hydrogen-bond acceptors (Lipinski definition) is 4. The first kappa shape index (κ1) is 20.8. The van der Waals surface area contributed by atoms with Gasteiger partial charge in [-0.25, -0.2) is 0 Å². The van der Waals surface area contributed by atoms with Crippen LogP contribution >= 0.6 is 15.9 Å². The van der Waals surface area contributed by atoms with Crippen LogP contribution in [0.2, 0.25) is 0 Å². The van der Waals surface area contributed by atoms with Crippen LogP contribution < -0.4 is 19.5 Å². The van der Waals surface area contributed by atoms with Crippen LogP contribution in [0.25, 0.3) is 6.08 Å². The molecule has 1 N–H and O–H groups in total. The summed E-state index contributed by atoms with van der Waals surface area (Å²) in [7, 11) is 3.14. The molecule has 0 fully saturated rings. The second-order valence-corrected chi connectivity index (χ2v) is 6.64. The number of nitrogens with one attached hydrogen (secondary N) is 1. The molecule has 0 saturated carbocycles. The summed E-state index contributed by atoms with van der Waals surface area (Å²) in [5.41, 5.74) is 1.52. The summed E-state index contributed by atoms with van der Waals surface area (Å²) in [6, 6.07) is 11.0. The highest BCUT2D eigenvalue weighted by atomic mass is 79.9. The Bertz CT molecular complexity index is 788.